The number of thioether (sulfide) groups is 1. The molecule has 0 radical (unpaired) electrons. The summed E-state index contributed by atoms with van der Waals surface area (Å²) in [7, 11) is 0. The monoisotopic (exact) mass is 585 g/mol. The number of hydrogen-bond acceptors (Lipinski definition) is 8. The number of pyridine rings is 1. The summed E-state index contributed by atoms with van der Waals surface area (Å²) in [6.45, 7) is 0.106. The normalized spacial score (nSPS) is 18.1. The zero-order chi connectivity index (χ0) is 28.2. The van der Waals surface area contributed by atoms with Gasteiger partial charge in [-0.05, 0) is 48.2 Å². The Kier molecular flexibility index (Phi) is 7.97. The molecular formula is C30H27N5O4S2. The Balaban J connectivity index is 1.14. The molecule has 9 nitrogen and oxygen atoms in total. The number of thiazole rings is 1. The number of anilines is 1. The summed E-state index contributed by atoms with van der Waals surface area (Å²) >= 11 is 2.80. The Morgan fingerprint density at radius 2 is 1.73 bits per heavy atom. The summed E-state index contributed by atoms with van der Waals surface area (Å²) in [6.07, 6.45) is 4.84. The number of ether oxygens (including phenoxy) is 1. The standard InChI is InChI=1S/C30H27N5O4S2/c36-26(32-23-10-11-23)21-8-6-20(7-9-21)24-17-41-29(33-24)34-27(37)25-18-40-28(22-12-14-31-15-13-22)35(25)30(38)39-16-19-4-2-1-3-5-19/h1-9,12-15,17,23,25,28H,10-11,16,18H2,(H,32,36)(H,33,34,37)/t25-,28?/m0/s1. The molecule has 1 aliphatic heterocycles. The fraction of sp³-hybridized carbons (Fsp3) is 0.233. The second-order valence-corrected chi connectivity index (χ2v) is 11.8. The van der Waals surface area contributed by atoms with Crippen LogP contribution in [-0.4, -0.2) is 50.6 Å². The Morgan fingerprint density at radius 1 is 0.976 bits per heavy atom. The maximum absolute atomic E-state index is 13.5. The van der Waals surface area contributed by atoms with Gasteiger partial charge in [0.15, 0.2) is 5.13 Å². The van der Waals surface area contributed by atoms with Crippen LogP contribution in [0.1, 0.15) is 39.7 Å². The summed E-state index contributed by atoms with van der Waals surface area (Å²) in [6, 6.07) is 19.9. The molecule has 6 rings (SSSR count). The van der Waals surface area contributed by atoms with Crippen LogP contribution in [0, 0.1) is 0 Å². The number of nitrogens with zero attached hydrogens (tertiary/aromatic N) is 3. The molecule has 3 amide bonds. The summed E-state index contributed by atoms with van der Waals surface area (Å²) in [5.41, 5.74) is 3.86. The number of carbonyl (C=O) groups excluding carboxylic acids is 3. The first-order chi connectivity index (χ1) is 20.0. The molecule has 2 N–H and O–H groups in total. The first-order valence-corrected chi connectivity index (χ1v) is 15.2. The smallest absolute Gasteiger partial charge is 0.412 e. The average molecular weight is 586 g/mol. The Hall–Kier alpha value is -4.22. The Morgan fingerprint density at radius 3 is 2.46 bits per heavy atom. The highest BCUT2D eigenvalue weighted by Crippen LogP contribution is 2.42. The van der Waals surface area contributed by atoms with Crippen molar-refractivity contribution in [2.75, 3.05) is 11.1 Å². The summed E-state index contributed by atoms with van der Waals surface area (Å²) in [4.78, 5) is 49.3. The highest BCUT2D eigenvalue weighted by Gasteiger charge is 2.43. The number of amides is 3. The minimum atomic E-state index is -0.752. The molecule has 4 aromatic rings. The molecule has 1 saturated heterocycles. The van der Waals surface area contributed by atoms with E-state index in [2.05, 4.69) is 20.6 Å². The lowest BCUT2D eigenvalue weighted by atomic mass is 10.1. The van der Waals surface area contributed by atoms with Gasteiger partial charge in [0.05, 0.1) is 5.69 Å². The molecule has 2 aromatic carbocycles. The lowest BCUT2D eigenvalue weighted by molar-refractivity contribution is -0.120. The number of hydrogen-bond donors (Lipinski definition) is 2. The molecule has 2 fully saturated rings. The van der Waals surface area contributed by atoms with Gasteiger partial charge in [0, 0.05) is 40.7 Å². The number of rotatable bonds is 8. The minimum Gasteiger partial charge on any atom is -0.444 e. The molecule has 3 heterocycles. The van der Waals surface area contributed by atoms with E-state index in [0.29, 0.717) is 28.2 Å². The number of carbonyl (C=O) groups is 3. The van der Waals surface area contributed by atoms with E-state index in [4.69, 9.17) is 4.74 Å². The van der Waals surface area contributed by atoms with Crippen LogP contribution in [0.15, 0.2) is 84.5 Å². The highest BCUT2D eigenvalue weighted by atomic mass is 32.2. The molecule has 1 aliphatic carbocycles. The quantitative estimate of drug-likeness (QED) is 0.281. The van der Waals surface area contributed by atoms with Crippen LogP contribution in [-0.2, 0) is 16.1 Å². The first-order valence-electron chi connectivity index (χ1n) is 13.2. The largest absolute Gasteiger partial charge is 0.444 e. The molecule has 41 heavy (non-hydrogen) atoms. The lowest BCUT2D eigenvalue weighted by Crippen LogP contribution is -2.45. The van der Waals surface area contributed by atoms with Gasteiger partial charge in [0.2, 0.25) is 5.91 Å². The van der Waals surface area contributed by atoms with Crippen molar-refractivity contribution in [2.24, 2.45) is 0 Å². The van der Waals surface area contributed by atoms with Crippen molar-refractivity contribution >= 4 is 46.1 Å². The zero-order valence-electron chi connectivity index (χ0n) is 21.9. The van der Waals surface area contributed by atoms with Gasteiger partial charge in [-0.15, -0.1) is 23.1 Å². The predicted octanol–water partition coefficient (Wildman–Crippen LogP) is 5.49. The van der Waals surface area contributed by atoms with Gasteiger partial charge in [0.25, 0.3) is 5.91 Å². The maximum atomic E-state index is 13.5. The fourth-order valence-electron chi connectivity index (χ4n) is 4.45. The fourth-order valence-corrected chi connectivity index (χ4v) is 6.59. The summed E-state index contributed by atoms with van der Waals surface area (Å²) < 4.78 is 5.64. The third-order valence-electron chi connectivity index (χ3n) is 6.80. The molecule has 1 saturated carbocycles. The number of nitrogens with one attached hydrogen (secondary N) is 2. The van der Waals surface area contributed by atoms with Crippen molar-refractivity contribution < 1.29 is 19.1 Å². The van der Waals surface area contributed by atoms with Crippen LogP contribution in [0.2, 0.25) is 0 Å². The van der Waals surface area contributed by atoms with E-state index in [0.717, 1.165) is 29.5 Å². The van der Waals surface area contributed by atoms with E-state index in [1.807, 2.05) is 60.0 Å². The Bertz CT molecular complexity index is 1530. The van der Waals surface area contributed by atoms with Crippen LogP contribution >= 0.6 is 23.1 Å². The van der Waals surface area contributed by atoms with Crippen LogP contribution in [0.3, 0.4) is 0 Å². The molecule has 0 spiro atoms. The lowest BCUT2D eigenvalue weighted by Gasteiger charge is -2.28. The topological polar surface area (TPSA) is 114 Å². The SMILES string of the molecule is O=C(NC1CC1)c1ccc(-c2csc(NC(=O)[C@@H]3CSC(c4ccncc4)N3C(=O)OCc3ccccc3)n2)cc1. The van der Waals surface area contributed by atoms with Gasteiger partial charge in [-0.25, -0.2) is 9.78 Å². The summed E-state index contributed by atoms with van der Waals surface area (Å²) in [5, 5.41) is 7.76. The van der Waals surface area contributed by atoms with Gasteiger partial charge < -0.3 is 15.4 Å². The predicted molar refractivity (Wildman–Crippen MR) is 158 cm³/mol. The summed E-state index contributed by atoms with van der Waals surface area (Å²) in [5.74, 6) is -0.00245. The third-order valence-corrected chi connectivity index (χ3v) is 8.88. The van der Waals surface area contributed by atoms with Gasteiger partial charge >= 0.3 is 6.09 Å². The Labute approximate surface area is 245 Å². The van der Waals surface area contributed by atoms with E-state index >= 15 is 0 Å². The second-order valence-electron chi connectivity index (χ2n) is 9.78. The van der Waals surface area contributed by atoms with E-state index in [1.54, 1.807) is 24.5 Å². The van der Waals surface area contributed by atoms with Gasteiger partial charge in [-0.1, -0.05) is 42.5 Å². The van der Waals surface area contributed by atoms with Crippen LogP contribution in [0.4, 0.5) is 9.93 Å². The molecule has 1 unspecified atom stereocenters. The van der Waals surface area contributed by atoms with Gasteiger partial charge in [-0.2, -0.15) is 0 Å². The van der Waals surface area contributed by atoms with Crippen molar-refractivity contribution in [3.05, 3.63) is 101 Å². The van der Waals surface area contributed by atoms with E-state index in [1.165, 1.54) is 28.0 Å². The van der Waals surface area contributed by atoms with Gasteiger partial charge in [-0.3, -0.25) is 19.5 Å². The van der Waals surface area contributed by atoms with E-state index in [9.17, 15) is 14.4 Å². The first kappa shape index (κ1) is 27.0. The molecule has 208 valence electrons. The van der Waals surface area contributed by atoms with E-state index < -0.39 is 12.1 Å². The molecule has 2 aromatic heterocycles. The molecule has 0 bridgehead atoms. The van der Waals surface area contributed by atoms with E-state index in [-0.39, 0.29) is 23.8 Å². The van der Waals surface area contributed by atoms with Gasteiger partial charge in [0.1, 0.15) is 18.0 Å². The minimum absolute atomic E-state index is 0.0726. The maximum Gasteiger partial charge on any atom is 0.412 e. The van der Waals surface area contributed by atoms with Crippen LogP contribution in [0.25, 0.3) is 11.3 Å². The van der Waals surface area contributed by atoms with Crippen molar-refractivity contribution in [1.29, 1.82) is 0 Å². The van der Waals surface area contributed by atoms with Crippen molar-refractivity contribution in [1.82, 2.24) is 20.2 Å². The van der Waals surface area contributed by atoms with Crippen molar-refractivity contribution in [3.63, 3.8) is 0 Å². The molecule has 2 aliphatic rings. The number of aromatic nitrogens is 2. The van der Waals surface area contributed by atoms with Crippen molar-refractivity contribution in [3.8, 4) is 11.3 Å². The molecule has 11 heteroatoms. The number of benzene rings is 2. The highest BCUT2D eigenvalue weighted by molar-refractivity contribution is 7.99. The van der Waals surface area contributed by atoms with Crippen LogP contribution in [0.5, 0.6) is 0 Å². The third kappa shape index (κ3) is 6.41. The van der Waals surface area contributed by atoms with Crippen molar-refractivity contribution in [2.45, 2.75) is 36.9 Å². The zero-order valence-corrected chi connectivity index (χ0v) is 23.6. The molecular weight excluding hydrogens is 558 g/mol. The van der Waals surface area contributed by atoms with Crippen LogP contribution < -0.4 is 10.6 Å². The second kappa shape index (κ2) is 12.1. The average Bonchev–Trinajstić information content (AvgIpc) is 3.51. The molecule has 2 atom stereocenters.